The van der Waals surface area contributed by atoms with Crippen molar-refractivity contribution in [3.8, 4) is 0 Å². The molecule has 0 aromatic heterocycles. The van der Waals surface area contributed by atoms with Crippen molar-refractivity contribution in [3.63, 3.8) is 0 Å². The van der Waals surface area contributed by atoms with E-state index in [-0.39, 0.29) is 17.3 Å². The van der Waals surface area contributed by atoms with Gasteiger partial charge in [-0.15, -0.1) is 0 Å². The van der Waals surface area contributed by atoms with Gasteiger partial charge < -0.3 is 39.7 Å². The fourth-order valence-electron chi connectivity index (χ4n) is 6.68. The first-order valence-corrected chi connectivity index (χ1v) is 12.7. The maximum atomic E-state index is 13.4. The Kier molecular flexibility index (Phi) is 7.68. The highest BCUT2D eigenvalue weighted by atomic mass is 16.7. The van der Waals surface area contributed by atoms with Crippen molar-refractivity contribution < 1.29 is 49.3 Å². The van der Waals surface area contributed by atoms with E-state index in [1.165, 1.54) is 12.2 Å². The van der Waals surface area contributed by atoms with Gasteiger partial charge in [-0.1, -0.05) is 20.8 Å². The van der Waals surface area contributed by atoms with Crippen molar-refractivity contribution in [1.29, 1.82) is 0 Å². The first-order valence-electron chi connectivity index (χ1n) is 12.7. The van der Waals surface area contributed by atoms with Crippen LogP contribution >= 0.6 is 0 Å². The standard InChI is InChI=1S/C26H38O10/c1-13-4-6-26(3)16(23(33)36-24-22(32)21(31)20(30)17(11-27)35-24)9-15(28)10-18(26)25(13,2)7-5-14-8-19(29)34-12-14/h8-9,13,15,17-18,20-22,24,27-28,30-32H,4-7,10-12H2,1-3H3/t13-,15+,17-,18-,20-,21+,22-,24+,25+,26+/m1/s1. The molecule has 1 saturated heterocycles. The molecule has 202 valence electrons. The summed E-state index contributed by atoms with van der Waals surface area (Å²) in [4.78, 5) is 24.9. The molecule has 10 heteroatoms. The number of cyclic esters (lactones) is 1. The highest BCUT2D eigenvalue weighted by Crippen LogP contribution is 2.62. The van der Waals surface area contributed by atoms with E-state index in [9.17, 15) is 35.1 Å². The highest BCUT2D eigenvalue weighted by Gasteiger charge is 2.57. The van der Waals surface area contributed by atoms with Crippen molar-refractivity contribution in [2.75, 3.05) is 13.2 Å². The molecule has 4 rings (SSSR count). The van der Waals surface area contributed by atoms with Crippen LogP contribution in [0.15, 0.2) is 23.3 Å². The number of carbonyl (C=O) groups is 2. The summed E-state index contributed by atoms with van der Waals surface area (Å²) in [7, 11) is 0. The van der Waals surface area contributed by atoms with Gasteiger partial charge in [-0.3, -0.25) is 0 Å². The Morgan fingerprint density at radius 1 is 1.17 bits per heavy atom. The Morgan fingerprint density at radius 2 is 1.89 bits per heavy atom. The average Bonchev–Trinajstić information content (AvgIpc) is 3.26. The molecular weight excluding hydrogens is 472 g/mol. The van der Waals surface area contributed by atoms with Gasteiger partial charge in [-0.05, 0) is 61.0 Å². The van der Waals surface area contributed by atoms with Crippen LogP contribution in [0.1, 0.15) is 52.9 Å². The Labute approximate surface area is 210 Å². The SMILES string of the molecule is C[C@@H]1CC[C@@]2(C)C(C(=O)O[C@@H]3O[C@H](CO)[C@@H](O)[C@H](O)[C@H]3O)=C[C@H](O)C[C@@H]2[C@@]1(C)CCC1=CC(=O)OC1. The molecule has 0 spiro atoms. The highest BCUT2D eigenvalue weighted by molar-refractivity contribution is 5.90. The van der Waals surface area contributed by atoms with E-state index < -0.39 is 54.8 Å². The van der Waals surface area contributed by atoms with Crippen LogP contribution in [0.25, 0.3) is 0 Å². The molecule has 36 heavy (non-hydrogen) atoms. The van der Waals surface area contributed by atoms with Gasteiger partial charge in [0, 0.05) is 17.1 Å². The number of aliphatic hydroxyl groups is 5. The minimum absolute atomic E-state index is 0.0651. The van der Waals surface area contributed by atoms with E-state index in [2.05, 4.69) is 13.8 Å². The molecule has 10 atom stereocenters. The number of esters is 2. The first kappa shape index (κ1) is 27.2. The molecule has 4 aliphatic rings. The molecule has 5 N–H and O–H groups in total. The summed E-state index contributed by atoms with van der Waals surface area (Å²) in [5.74, 6) is -0.863. The third-order valence-electron chi connectivity index (χ3n) is 9.24. The van der Waals surface area contributed by atoms with Crippen LogP contribution in [0.3, 0.4) is 0 Å². The molecule has 0 unspecified atom stereocenters. The van der Waals surface area contributed by atoms with Gasteiger partial charge in [0.25, 0.3) is 0 Å². The number of hydrogen-bond acceptors (Lipinski definition) is 10. The number of hydrogen-bond donors (Lipinski definition) is 5. The zero-order valence-corrected chi connectivity index (χ0v) is 21.0. The van der Waals surface area contributed by atoms with Crippen LogP contribution in [0.4, 0.5) is 0 Å². The zero-order valence-electron chi connectivity index (χ0n) is 21.0. The van der Waals surface area contributed by atoms with Gasteiger partial charge in [-0.25, -0.2) is 9.59 Å². The van der Waals surface area contributed by atoms with Crippen LogP contribution in [-0.2, 0) is 23.8 Å². The van der Waals surface area contributed by atoms with Crippen molar-refractivity contribution in [2.45, 2.75) is 89.7 Å². The summed E-state index contributed by atoms with van der Waals surface area (Å²) in [6.07, 6.45) is -2.08. The summed E-state index contributed by atoms with van der Waals surface area (Å²) >= 11 is 0. The summed E-state index contributed by atoms with van der Waals surface area (Å²) in [6.45, 7) is 6.01. The molecule has 2 heterocycles. The van der Waals surface area contributed by atoms with Crippen LogP contribution in [-0.4, -0.2) is 87.5 Å². The third-order valence-corrected chi connectivity index (χ3v) is 9.24. The molecule has 0 amide bonds. The lowest BCUT2D eigenvalue weighted by Gasteiger charge is -2.58. The summed E-state index contributed by atoms with van der Waals surface area (Å²) in [5.41, 5.74) is 0.362. The smallest absolute Gasteiger partial charge is 0.336 e. The molecule has 0 radical (unpaired) electrons. The first-order chi connectivity index (χ1) is 16.9. The number of rotatable bonds is 6. The van der Waals surface area contributed by atoms with E-state index in [1.807, 2.05) is 6.92 Å². The quantitative estimate of drug-likeness (QED) is 0.315. The molecule has 0 bridgehead atoms. The van der Waals surface area contributed by atoms with Gasteiger partial charge in [0.1, 0.15) is 31.0 Å². The predicted octanol–water partition coefficient (Wildman–Crippen LogP) is 0.343. The molecule has 10 nitrogen and oxygen atoms in total. The Bertz CT molecular complexity index is 928. The van der Waals surface area contributed by atoms with Gasteiger partial charge >= 0.3 is 11.9 Å². The number of aliphatic hydroxyl groups excluding tert-OH is 5. The van der Waals surface area contributed by atoms with Crippen LogP contribution < -0.4 is 0 Å². The molecule has 2 aliphatic heterocycles. The minimum atomic E-state index is -1.70. The number of fused-ring (bicyclic) bond motifs is 1. The zero-order chi connectivity index (χ0) is 26.4. The summed E-state index contributed by atoms with van der Waals surface area (Å²) in [6, 6.07) is 0. The van der Waals surface area contributed by atoms with E-state index in [0.717, 1.165) is 18.4 Å². The van der Waals surface area contributed by atoms with Gasteiger partial charge in [0.2, 0.25) is 6.29 Å². The second-order valence-corrected chi connectivity index (χ2v) is 11.3. The average molecular weight is 511 g/mol. The molecule has 0 aromatic rings. The van der Waals surface area contributed by atoms with Crippen LogP contribution in [0.2, 0.25) is 0 Å². The fourth-order valence-corrected chi connectivity index (χ4v) is 6.68. The maximum Gasteiger partial charge on any atom is 0.336 e. The van der Waals surface area contributed by atoms with E-state index >= 15 is 0 Å². The second kappa shape index (κ2) is 10.2. The fraction of sp³-hybridized carbons (Fsp3) is 0.769. The summed E-state index contributed by atoms with van der Waals surface area (Å²) in [5, 5.41) is 50.6. The van der Waals surface area contributed by atoms with Gasteiger partial charge in [0.05, 0.1) is 12.7 Å². The Hall–Kier alpha value is -1.82. The Morgan fingerprint density at radius 3 is 2.53 bits per heavy atom. The van der Waals surface area contributed by atoms with E-state index in [1.54, 1.807) is 0 Å². The minimum Gasteiger partial charge on any atom is -0.458 e. The normalized spacial score (nSPS) is 44.8. The third kappa shape index (κ3) is 4.75. The van der Waals surface area contributed by atoms with E-state index in [0.29, 0.717) is 37.4 Å². The largest absolute Gasteiger partial charge is 0.458 e. The van der Waals surface area contributed by atoms with Gasteiger partial charge in [0.15, 0.2) is 0 Å². The van der Waals surface area contributed by atoms with Crippen molar-refractivity contribution >= 4 is 11.9 Å². The Balaban J connectivity index is 1.56. The number of carbonyl (C=O) groups excluding carboxylic acids is 2. The van der Waals surface area contributed by atoms with Crippen LogP contribution in [0, 0.1) is 22.7 Å². The van der Waals surface area contributed by atoms with Crippen LogP contribution in [0.5, 0.6) is 0 Å². The molecular formula is C26H38O10. The lowest BCUT2D eigenvalue weighted by Crippen LogP contribution is -2.60. The lowest BCUT2D eigenvalue weighted by molar-refractivity contribution is -0.292. The van der Waals surface area contributed by atoms with E-state index in [4.69, 9.17) is 14.2 Å². The molecule has 0 aromatic carbocycles. The molecule has 2 aliphatic carbocycles. The lowest BCUT2D eigenvalue weighted by atomic mass is 9.46. The monoisotopic (exact) mass is 510 g/mol. The summed E-state index contributed by atoms with van der Waals surface area (Å²) < 4.78 is 15.9. The topological polar surface area (TPSA) is 163 Å². The van der Waals surface area contributed by atoms with Crippen molar-refractivity contribution in [1.82, 2.24) is 0 Å². The molecule has 2 fully saturated rings. The van der Waals surface area contributed by atoms with Crippen molar-refractivity contribution in [3.05, 3.63) is 23.3 Å². The second-order valence-electron chi connectivity index (χ2n) is 11.3. The molecule has 1 saturated carbocycles. The van der Waals surface area contributed by atoms with Gasteiger partial charge in [-0.2, -0.15) is 0 Å². The maximum absolute atomic E-state index is 13.4. The number of ether oxygens (including phenoxy) is 3. The predicted molar refractivity (Wildman–Crippen MR) is 125 cm³/mol. The van der Waals surface area contributed by atoms with Crippen molar-refractivity contribution in [2.24, 2.45) is 22.7 Å².